The summed E-state index contributed by atoms with van der Waals surface area (Å²) in [5.74, 6) is 2.11. The highest BCUT2D eigenvalue weighted by atomic mass is 16.3. The van der Waals surface area contributed by atoms with Crippen LogP contribution in [0.5, 0.6) is 0 Å². The fourth-order valence-corrected chi connectivity index (χ4v) is 2.38. The van der Waals surface area contributed by atoms with Gasteiger partial charge in [-0.2, -0.15) is 0 Å². The molecule has 2 aliphatic rings. The SMILES string of the molecule is CCN(Cc1occc1CNC1CC1)CC1CC1. The lowest BCUT2D eigenvalue weighted by atomic mass is 10.2. The third-order valence-electron chi connectivity index (χ3n) is 4.02. The van der Waals surface area contributed by atoms with E-state index in [0.717, 1.165) is 37.4 Å². The Morgan fingerprint density at radius 3 is 2.83 bits per heavy atom. The second-order valence-corrected chi connectivity index (χ2v) is 5.80. The highest BCUT2D eigenvalue weighted by molar-refractivity contribution is 5.17. The molecule has 18 heavy (non-hydrogen) atoms. The Balaban J connectivity index is 1.54. The third-order valence-corrected chi connectivity index (χ3v) is 4.02. The average molecular weight is 248 g/mol. The Kier molecular flexibility index (Phi) is 3.71. The van der Waals surface area contributed by atoms with Crippen molar-refractivity contribution >= 4 is 0 Å². The van der Waals surface area contributed by atoms with Crippen molar-refractivity contribution < 1.29 is 4.42 Å². The van der Waals surface area contributed by atoms with Crippen molar-refractivity contribution in [2.45, 2.75) is 51.7 Å². The fraction of sp³-hybridized carbons (Fsp3) is 0.733. The van der Waals surface area contributed by atoms with Gasteiger partial charge in [-0.05, 0) is 44.2 Å². The predicted octanol–water partition coefficient (Wildman–Crippen LogP) is 2.76. The van der Waals surface area contributed by atoms with Crippen LogP contribution in [0.1, 0.15) is 43.9 Å². The summed E-state index contributed by atoms with van der Waals surface area (Å²) in [5, 5.41) is 3.57. The van der Waals surface area contributed by atoms with E-state index in [1.165, 1.54) is 37.8 Å². The molecule has 2 fully saturated rings. The van der Waals surface area contributed by atoms with Gasteiger partial charge in [0, 0.05) is 24.7 Å². The summed E-state index contributed by atoms with van der Waals surface area (Å²) < 4.78 is 5.67. The molecule has 0 spiro atoms. The van der Waals surface area contributed by atoms with E-state index in [4.69, 9.17) is 4.42 Å². The number of hydrogen-bond acceptors (Lipinski definition) is 3. The zero-order valence-corrected chi connectivity index (χ0v) is 11.3. The third kappa shape index (κ3) is 3.36. The Hall–Kier alpha value is -0.800. The van der Waals surface area contributed by atoms with Gasteiger partial charge in [-0.3, -0.25) is 4.90 Å². The van der Waals surface area contributed by atoms with Gasteiger partial charge in [-0.1, -0.05) is 6.92 Å². The van der Waals surface area contributed by atoms with Crippen LogP contribution in [0.2, 0.25) is 0 Å². The molecule has 100 valence electrons. The van der Waals surface area contributed by atoms with Crippen molar-refractivity contribution in [2.24, 2.45) is 5.92 Å². The van der Waals surface area contributed by atoms with Gasteiger partial charge in [0.05, 0.1) is 12.8 Å². The van der Waals surface area contributed by atoms with E-state index in [1.54, 1.807) is 0 Å². The monoisotopic (exact) mass is 248 g/mol. The molecular weight excluding hydrogens is 224 g/mol. The Labute approximate surface area is 110 Å². The molecule has 0 saturated heterocycles. The summed E-state index contributed by atoms with van der Waals surface area (Å²) in [4.78, 5) is 2.51. The van der Waals surface area contributed by atoms with Gasteiger partial charge in [0.25, 0.3) is 0 Å². The maximum Gasteiger partial charge on any atom is 0.122 e. The van der Waals surface area contributed by atoms with Crippen LogP contribution in [-0.2, 0) is 13.1 Å². The van der Waals surface area contributed by atoms with Gasteiger partial charge >= 0.3 is 0 Å². The normalized spacial score (nSPS) is 19.7. The highest BCUT2D eigenvalue weighted by Crippen LogP contribution is 2.30. The topological polar surface area (TPSA) is 28.4 Å². The Morgan fingerprint density at radius 2 is 2.17 bits per heavy atom. The predicted molar refractivity (Wildman–Crippen MR) is 72.2 cm³/mol. The highest BCUT2D eigenvalue weighted by Gasteiger charge is 2.25. The molecule has 1 aromatic rings. The summed E-state index contributed by atoms with van der Waals surface area (Å²) >= 11 is 0. The Bertz CT molecular complexity index is 380. The second-order valence-electron chi connectivity index (χ2n) is 5.80. The quantitative estimate of drug-likeness (QED) is 0.767. The van der Waals surface area contributed by atoms with Crippen molar-refractivity contribution in [2.75, 3.05) is 13.1 Å². The molecule has 0 aliphatic heterocycles. The van der Waals surface area contributed by atoms with Crippen LogP contribution in [0.3, 0.4) is 0 Å². The molecule has 3 heteroatoms. The molecule has 0 unspecified atom stereocenters. The van der Waals surface area contributed by atoms with Crippen molar-refractivity contribution in [3.05, 3.63) is 23.7 Å². The van der Waals surface area contributed by atoms with E-state index < -0.39 is 0 Å². The van der Waals surface area contributed by atoms with E-state index in [0.29, 0.717) is 0 Å². The molecule has 0 amide bonds. The largest absolute Gasteiger partial charge is 0.468 e. The molecule has 0 atom stereocenters. The minimum atomic E-state index is 0.765. The van der Waals surface area contributed by atoms with E-state index in [1.807, 2.05) is 6.26 Å². The maximum atomic E-state index is 5.67. The number of nitrogens with zero attached hydrogens (tertiary/aromatic N) is 1. The molecular formula is C15H24N2O. The van der Waals surface area contributed by atoms with Crippen LogP contribution in [-0.4, -0.2) is 24.0 Å². The average Bonchev–Trinajstić information content (AvgIpc) is 3.28. The summed E-state index contributed by atoms with van der Waals surface area (Å²) in [7, 11) is 0. The zero-order valence-electron chi connectivity index (χ0n) is 11.3. The van der Waals surface area contributed by atoms with Crippen molar-refractivity contribution in [1.29, 1.82) is 0 Å². The standard InChI is InChI=1S/C15H24N2O/c1-2-17(10-12-3-4-12)11-15-13(7-8-18-15)9-16-14-5-6-14/h7-8,12,14,16H,2-6,9-11H2,1H3. The molecule has 1 aromatic heterocycles. The molecule has 3 rings (SSSR count). The van der Waals surface area contributed by atoms with Crippen LogP contribution < -0.4 is 5.32 Å². The number of rotatable bonds is 8. The van der Waals surface area contributed by atoms with Gasteiger partial charge in [-0.25, -0.2) is 0 Å². The number of nitrogens with one attached hydrogen (secondary N) is 1. The van der Waals surface area contributed by atoms with E-state index in [2.05, 4.69) is 23.2 Å². The van der Waals surface area contributed by atoms with Crippen LogP contribution >= 0.6 is 0 Å². The first-order valence-corrected chi connectivity index (χ1v) is 7.36. The molecule has 2 saturated carbocycles. The number of furan rings is 1. The summed E-state index contributed by atoms with van der Waals surface area (Å²) in [6.07, 6.45) is 7.37. The molecule has 2 aliphatic carbocycles. The van der Waals surface area contributed by atoms with E-state index >= 15 is 0 Å². The van der Waals surface area contributed by atoms with Gasteiger partial charge in [0.15, 0.2) is 0 Å². The summed E-state index contributed by atoms with van der Waals surface area (Å²) in [6, 6.07) is 2.89. The minimum Gasteiger partial charge on any atom is -0.468 e. The van der Waals surface area contributed by atoms with Gasteiger partial charge in [0.2, 0.25) is 0 Å². The summed E-state index contributed by atoms with van der Waals surface area (Å²) in [5.41, 5.74) is 1.34. The fourth-order valence-electron chi connectivity index (χ4n) is 2.38. The molecule has 0 aromatic carbocycles. The molecule has 3 nitrogen and oxygen atoms in total. The van der Waals surface area contributed by atoms with Crippen molar-refractivity contribution in [1.82, 2.24) is 10.2 Å². The molecule has 0 bridgehead atoms. The lowest BCUT2D eigenvalue weighted by Crippen LogP contribution is -2.26. The van der Waals surface area contributed by atoms with Crippen LogP contribution in [0, 0.1) is 5.92 Å². The maximum absolute atomic E-state index is 5.67. The first-order chi connectivity index (χ1) is 8.85. The van der Waals surface area contributed by atoms with Crippen LogP contribution in [0.15, 0.2) is 16.7 Å². The molecule has 0 radical (unpaired) electrons. The first kappa shape index (κ1) is 12.2. The minimum absolute atomic E-state index is 0.765. The van der Waals surface area contributed by atoms with Crippen molar-refractivity contribution in [3.63, 3.8) is 0 Å². The molecule has 1 heterocycles. The van der Waals surface area contributed by atoms with Crippen LogP contribution in [0.25, 0.3) is 0 Å². The van der Waals surface area contributed by atoms with E-state index in [-0.39, 0.29) is 0 Å². The van der Waals surface area contributed by atoms with Gasteiger partial charge in [-0.15, -0.1) is 0 Å². The lowest BCUT2D eigenvalue weighted by molar-refractivity contribution is 0.244. The van der Waals surface area contributed by atoms with Crippen LogP contribution in [0.4, 0.5) is 0 Å². The number of hydrogen-bond donors (Lipinski definition) is 1. The summed E-state index contributed by atoms with van der Waals surface area (Å²) in [6.45, 7) is 6.55. The van der Waals surface area contributed by atoms with Gasteiger partial charge < -0.3 is 9.73 Å². The van der Waals surface area contributed by atoms with E-state index in [9.17, 15) is 0 Å². The van der Waals surface area contributed by atoms with Gasteiger partial charge in [0.1, 0.15) is 5.76 Å². The molecule has 1 N–H and O–H groups in total. The Morgan fingerprint density at radius 1 is 1.33 bits per heavy atom. The first-order valence-electron chi connectivity index (χ1n) is 7.36. The smallest absolute Gasteiger partial charge is 0.122 e. The van der Waals surface area contributed by atoms with Crippen molar-refractivity contribution in [3.8, 4) is 0 Å². The lowest BCUT2D eigenvalue weighted by Gasteiger charge is -2.19. The zero-order chi connectivity index (χ0) is 12.4. The second kappa shape index (κ2) is 5.45.